The number of rotatable bonds is 3. The van der Waals surface area contributed by atoms with E-state index in [9.17, 15) is 0 Å². The first-order valence-corrected chi connectivity index (χ1v) is 9.23. The van der Waals surface area contributed by atoms with Crippen LogP contribution in [-0.4, -0.2) is 19.7 Å². The van der Waals surface area contributed by atoms with Crippen molar-refractivity contribution in [3.63, 3.8) is 0 Å². The van der Waals surface area contributed by atoms with Gasteiger partial charge in [-0.05, 0) is 43.2 Å². The van der Waals surface area contributed by atoms with Crippen LogP contribution in [0.15, 0.2) is 53.3 Å². The molecule has 6 heteroatoms. The molecular weight excluding hydrogens is 348 g/mol. The summed E-state index contributed by atoms with van der Waals surface area (Å²) < 4.78 is 7.72. The lowest BCUT2D eigenvalue weighted by atomic mass is 10.1. The molecule has 0 radical (unpaired) electrons. The maximum Gasteiger partial charge on any atom is 0.259 e. The number of hydrogen-bond donors (Lipinski definition) is 0. The molecule has 0 N–H and O–H groups in total. The Morgan fingerprint density at radius 1 is 1.08 bits per heavy atom. The lowest BCUT2D eigenvalue weighted by Crippen LogP contribution is -2.02. The third-order valence-corrected chi connectivity index (χ3v) is 5.41. The van der Waals surface area contributed by atoms with E-state index in [1.54, 1.807) is 0 Å². The zero-order chi connectivity index (χ0) is 17.5. The van der Waals surface area contributed by atoms with E-state index < -0.39 is 0 Å². The first-order chi connectivity index (χ1) is 12.8. The molecule has 2 aromatic heterocycles. The third-order valence-electron chi connectivity index (χ3n) is 5.08. The van der Waals surface area contributed by atoms with Crippen LogP contribution in [0.1, 0.15) is 31.7 Å². The summed E-state index contributed by atoms with van der Waals surface area (Å²) >= 11 is 6.22. The molecule has 2 aromatic carbocycles. The minimum atomic E-state index is 0.419. The van der Waals surface area contributed by atoms with E-state index in [1.807, 2.05) is 42.7 Å². The Labute approximate surface area is 155 Å². The van der Waals surface area contributed by atoms with E-state index in [-0.39, 0.29) is 0 Å². The van der Waals surface area contributed by atoms with Crippen LogP contribution >= 0.6 is 11.6 Å². The molecule has 1 saturated carbocycles. The molecule has 0 atom stereocenters. The molecule has 0 spiro atoms. The molecule has 0 aliphatic heterocycles. The van der Waals surface area contributed by atoms with E-state index in [0.29, 0.717) is 22.8 Å². The quantitative estimate of drug-likeness (QED) is 0.480. The fourth-order valence-corrected chi connectivity index (χ4v) is 3.95. The van der Waals surface area contributed by atoms with Gasteiger partial charge in [-0.2, -0.15) is 4.98 Å². The highest BCUT2D eigenvalue weighted by Crippen LogP contribution is 2.33. The number of fused-ring (bicyclic) bond motifs is 1. The van der Waals surface area contributed by atoms with Gasteiger partial charge < -0.3 is 9.09 Å². The van der Waals surface area contributed by atoms with Crippen LogP contribution in [0.3, 0.4) is 0 Å². The second-order valence-corrected chi connectivity index (χ2v) is 7.10. The fraction of sp³-hybridized carbons (Fsp3) is 0.250. The normalized spacial score (nSPS) is 15.1. The van der Waals surface area contributed by atoms with Gasteiger partial charge in [-0.15, -0.1) is 0 Å². The molecule has 0 unspecified atom stereocenters. The van der Waals surface area contributed by atoms with Gasteiger partial charge in [0.1, 0.15) is 0 Å². The van der Waals surface area contributed by atoms with Crippen molar-refractivity contribution >= 4 is 22.6 Å². The SMILES string of the molecule is Clc1ccccc1-c1nc(-c2ccc3c(c2)ncn3C2CCCC2)no1. The third kappa shape index (κ3) is 2.59. The number of hydrogen-bond acceptors (Lipinski definition) is 4. The number of imidazole rings is 1. The van der Waals surface area contributed by atoms with Crippen LogP contribution in [0.4, 0.5) is 0 Å². The van der Waals surface area contributed by atoms with Crippen LogP contribution in [0.5, 0.6) is 0 Å². The Morgan fingerprint density at radius 2 is 1.92 bits per heavy atom. The van der Waals surface area contributed by atoms with Crippen LogP contribution in [0.25, 0.3) is 33.9 Å². The minimum Gasteiger partial charge on any atom is -0.334 e. The van der Waals surface area contributed by atoms with Crippen LogP contribution < -0.4 is 0 Å². The summed E-state index contributed by atoms with van der Waals surface area (Å²) in [6, 6.07) is 14.2. The largest absolute Gasteiger partial charge is 0.334 e. The van der Waals surface area contributed by atoms with Gasteiger partial charge in [-0.3, -0.25) is 0 Å². The maximum atomic E-state index is 6.22. The van der Waals surface area contributed by atoms with Crippen molar-refractivity contribution in [1.29, 1.82) is 0 Å². The van der Waals surface area contributed by atoms with E-state index in [0.717, 1.165) is 22.2 Å². The average Bonchev–Trinajstić information content (AvgIpc) is 3.41. The summed E-state index contributed by atoms with van der Waals surface area (Å²) in [5, 5.41) is 4.71. The van der Waals surface area contributed by atoms with E-state index >= 15 is 0 Å². The van der Waals surface area contributed by atoms with Crippen molar-refractivity contribution in [3.05, 3.63) is 53.8 Å². The van der Waals surface area contributed by atoms with Crippen molar-refractivity contribution in [2.75, 3.05) is 0 Å². The topological polar surface area (TPSA) is 56.7 Å². The molecule has 130 valence electrons. The molecule has 1 fully saturated rings. The van der Waals surface area contributed by atoms with Gasteiger partial charge in [-0.25, -0.2) is 4.98 Å². The predicted molar refractivity (Wildman–Crippen MR) is 101 cm³/mol. The van der Waals surface area contributed by atoms with Crippen LogP contribution in [0, 0.1) is 0 Å². The van der Waals surface area contributed by atoms with Crippen molar-refractivity contribution in [2.45, 2.75) is 31.7 Å². The van der Waals surface area contributed by atoms with Gasteiger partial charge in [0, 0.05) is 11.6 Å². The zero-order valence-corrected chi connectivity index (χ0v) is 14.9. The van der Waals surface area contributed by atoms with Gasteiger partial charge in [0.15, 0.2) is 0 Å². The van der Waals surface area contributed by atoms with E-state index in [4.69, 9.17) is 16.1 Å². The molecular formula is C20H17ClN4O. The Balaban J connectivity index is 1.51. The number of aromatic nitrogens is 4. The second kappa shape index (κ2) is 6.25. The smallest absolute Gasteiger partial charge is 0.259 e. The molecule has 26 heavy (non-hydrogen) atoms. The molecule has 0 bridgehead atoms. The van der Waals surface area contributed by atoms with Crippen molar-refractivity contribution in [2.24, 2.45) is 0 Å². The van der Waals surface area contributed by atoms with Crippen LogP contribution in [0.2, 0.25) is 5.02 Å². The summed E-state index contributed by atoms with van der Waals surface area (Å²) in [5.41, 5.74) is 3.74. The van der Waals surface area contributed by atoms with E-state index in [1.165, 1.54) is 25.7 Å². The Hall–Kier alpha value is -2.66. The van der Waals surface area contributed by atoms with Gasteiger partial charge in [-0.1, -0.05) is 41.7 Å². The van der Waals surface area contributed by atoms with Crippen LogP contribution in [-0.2, 0) is 0 Å². The molecule has 5 rings (SSSR count). The van der Waals surface area contributed by atoms with Gasteiger partial charge in [0.2, 0.25) is 5.82 Å². The average molecular weight is 365 g/mol. The molecule has 0 amide bonds. The van der Waals surface area contributed by atoms with Crippen molar-refractivity contribution in [3.8, 4) is 22.8 Å². The molecule has 4 aromatic rings. The van der Waals surface area contributed by atoms with E-state index in [2.05, 4.69) is 25.8 Å². The summed E-state index contributed by atoms with van der Waals surface area (Å²) in [5.74, 6) is 0.958. The number of nitrogens with zero attached hydrogens (tertiary/aromatic N) is 4. The molecule has 5 nitrogen and oxygen atoms in total. The first kappa shape index (κ1) is 15.6. The molecule has 0 saturated heterocycles. The molecule has 1 aliphatic rings. The zero-order valence-electron chi connectivity index (χ0n) is 14.1. The van der Waals surface area contributed by atoms with Gasteiger partial charge in [0.25, 0.3) is 5.89 Å². The summed E-state index contributed by atoms with van der Waals surface area (Å²) in [7, 11) is 0. The Morgan fingerprint density at radius 3 is 2.77 bits per heavy atom. The fourth-order valence-electron chi connectivity index (χ4n) is 3.73. The number of halogens is 1. The molecule has 2 heterocycles. The van der Waals surface area contributed by atoms with Crippen molar-refractivity contribution in [1.82, 2.24) is 19.7 Å². The van der Waals surface area contributed by atoms with Gasteiger partial charge in [0.05, 0.1) is 27.9 Å². The monoisotopic (exact) mass is 364 g/mol. The standard InChI is InChI=1S/C20H17ClN4O/c21-16-8-4-3-7-15(16)20-23-19(24-26-20)13-9-10-18-17(11-13)22-12-25(18)14-5-1-2-6-14/h3-4,7-12,14H,1-2,5-6H2. The Kier molecular flexibility index (Phi) is 3.75. The second-order valence-electron chi connectivity index (χ2n) is 6.70. The highest BCUT2D eigenvalue weighted by molar-refractivity contribution is 6.33. The Bertz CT molecular complexity index is 1080. The molecule has 1 aliphatic carbocycles. The lowest BCUT2D eigenvalue weighted by Gasteiger charge is -2.11. The highest BCUT2D eigenvalue weighted by atomic mass is 35.5. The predicted octanol–water partition coefficient (Wildman–Crippen LogP) is 5.52. The minimum absolute atomic E-state index is 0.419. The summed E-state index contributed by atoms with van der Waals surface area (Å²) in [4.78, 5) is 9.09. The summed E-state index contributed by atoms with van der Waals surface area (Å²) in [6.45, 7) is 0. The highest BCUT2D eigenvalue weighted by Gasteiger charge is 2.19. The maximum absolute atomic E-state index is 6.22. The number of benzene rings is 2. The van der Waals surface area contributed by atoms with Gasteiger partial charge >= 0.3 is 0 Å². The van der Waals surface area contributed by atoms with Crippen molar-refractivity contribution < 1.29 is 4.52 Å². The summed E-state index contributed by atoms with van der Waals surface area (Å²) in [6.07, 6.45) is 7.03. The lowest BCUT2D eigenvalue weighted by molar-refractivity contribution is 0.432. The first-order valence-electron chi connectivity index (χ1n) is 8.85.